The highest BCUT2D eigenvalue weighted by atomic mass is 16.5. The summed E-state index contributed by atoms with van der Waals surface area (Å²) in [6.07, 6.45) is 0.667. The molecule has 0 spiro atoms. The molecule has 24 heavy (non-hydrogen) atoms. The third kappa shape index (κ3) is 4.61. The van der Waals surface area contributed by atoms with Crippen molar-refractivity contribution in [2.45, 2.75) is 6.92 Å². The number of benzene rings is 2. The van der Waals surface area contributed by atoms with E-state index in [0.29, 0.717) is 23.1 Å². The van der Waals surface area contributed by atoms with E-state index < -0.39 is 18.5 Å². The molecule has 0 saturated carbocycles. The number of anilines is 1. The lowest BCUT2D eigenvalue weighted by Gasteiger charge is -2.07. The van der Waals surface area contributed by atoms with Gasteiger partial charge in [-0.05, 0) is 43.3 Å². The molecule has 0 bridgehead atoms. The quantitative estimate of drug-likeness (QED) is 0.501. The molecule has 0 radical (unpaired) electrons. The SMILES string of the molecule is CC(=O)c1ccc(NC(=O)COC(=O)c2ccc(C=O)cc2)cc1. The van der Waals surface area contributed by atoms with Crippen LogP contribution < -0.4 is 5.32 Å². The molecule has 0 aliphatic rings. The van der Waals surface area contributed by atoms with Gasteiger partial charge in [-0.25, -0.2) is 4.79 Å². The maximum Gasteiger partial charge on any atom is 0.338 e. The van der Waals surface area contributed by atoms with Crippen molar-refractivity contribution in [2.24, 2.45) is 0 Å². The highest BCUT2D eigenvalue weighted by molar-refractivity contribution is 5.97. The lowest BCUT2D eigenvalue weighted by Crippen LogP contribution is -2.21. The van der Waals surface area contributed by atoms with E-state index in [4.69, 9.17) is 4.74 Å². The number of hydrogen-bond donors (Lipinski definition) is 1. The molecular formula is C18H15NO5. The summed E-state index contributed by atoms with van der Waals surface area (Å²) in [6, 6.07) is 12.2. The van der Waals surface area contributed by atoms with Gasteiger partial charge in [0.2, 0.25) is 0 Å². The highest BCUT2D eigenvalue weighted by Gasteiger charge is 2.10. The predicted molar refractivity (Wildman–Crippen MR) is 87.2 cm³/mol. The Hall–Kier alpha value is -3.28. The van der Waals surface area contributed by atoms with Crippen molar-refractivity contribution in [2.75, 3.05) is 11.9 Å². The van der Waals surface area contributed by atoms with Crippen molar-refractivity contribution in [3.05, 3.63) is 65.2 Å². The number of amides is 1. The van der Waals surface area contributed by atoms with Crippen molar-refractivity contribution in [3.8, 4) is 0 Å². The largest absolute Gasteiger partial charge is 0.452 e. The summed E-state index contributed by atoms with van der Waals surface area (Å²) in [7, 11) is 0. The Kier molecular flexibility index (Phi) is 5.57. The number of aldehydes is 1. The van der Waals surface area contributed by atoms with E-state index in [2.05, 4.69) is 5.32 Å². The molecule has 0 fully saturated rings. The number of nitrogens with one attached hydrogen (secondary N) is 1. The number of rotatable bonds is 6. The third-order valence-electron chi connectivity index (χ3n) is 3.19. The molecular weight excluding hydrogens is 310 g/mol. The van der Waals surface area contributed by atoms with E-state index in [1.165, 1.54) is 31.2 Å². The zero-order chi connectivity index (χ0) is 17.5. The van der Waals surface area contributed by atoms with Gasteiger partial charge in [0, 0.05) is 16.8 Å². The minimum absolute atomic E-state index is 0.0672. The second-order valence-corrected chi connectivity index (χ2v) is 5.00. The summed E-state index contributed by atoms with van der Waals surface area (Å²) < 4.78 is 4.90. The number of esters is 1. The average Bonchev–Trinajstić information content (AvgIpc) is 2.60. The summed E-state index contributed by atoms with van der Waals surface area (Å²) in [4.78, 5) is 45.3. The number of ether oxygens (including phenoxy) is 1. The first-order chi connectivity index (χ1) is 11.5. The molecule has 0 atom stereocenters. The lowest BCUT2D eigenvalue weighted by molar-refractivity contribution is -0.119. The first-order valence-electron chi connectivity index (χ1n) is 7.13. The molecule has 2 aromatic carbocycles. The molecule has 2 rings (SSSR count). The van der Waals surface area contributed by atoms with Crippen LogP contribution in [0.3, 0.4) is 0 Å². The van der Waals surface area contributed by atoms with Crippen LogP contribution in [0.4, 0.5) is 5.69 Å². The number of carbonyl (C=O) groups is 4. The van der Waals surface area contributed by atoms with E-state index >= 15 is 0 Å². The first kappa shape index (κ1) is 17.1. The van der Waals surface area contributed by atoms with Crippen molar-refractivity contribution >= 4 is 29.6 Å². The fraction of sp³-hybridized carbons (Fsp3) is 0.111. The smallest absolute Gasteiger partial charge is 0.338 e. The molecule has 1 N–H and O–H groups in total. The Morgan fingerprint density at radius 1 is 0.958 bits per heavy atom. The predicted octanol–water partition coefficient (Wildman–Crippen LogP) is 2.50. The minimum Gasteiger partial charge on any atom is -0.452 e. The molecule has 2 aromatic rings. The van der Waals surface area contributed by atoms with Gasteiger partial charge < -0.3 is 10.1 Å². The van der Waals surface area contributed by atoms with Crippen molar-refractivity contribution in [1.29, 1.82) is 0 Å². The first-order valence-corrected chi connectivity index (χ1v) is 7.13. The Morgan fingerprint density at radius 2 is 1.54 bits per heavy atom. The molecule has 122 valence electrons. The van der Waals surface area contributed by atoms with Crippen LogP contribution in [0.1, 0.15) is 38.0 Å². The summed E-state index contributed by atoms with van der Waals surface area (Å²) in [5.74, 6) is -1.22. The normalized spacial score (nSPS) is 9.88. The van der Waals surface area contributed by atoms with Gasteiger partial charge in [0.05, 0.1) is 5.56 Å². The monoisotopic (exact) mass is 325 g/mol. The summed E-state index contributed by atoms with van der Waals surface area (Å²) in [5, 5.41) is 2.56. The Labute approximate surface area is 138 Å². The average molecular weight is 325 g/mol. The van der Waals surface area contributed by atoms with E-state index in [1.807, 2.05) is 0 Å². The van der Waals surface area contributed by atoms with Gasteiger partial charge in [0.15, 0.2) is 12.4 Å². The number of carbonyl (C=O) groups excluding carboxylic acids is 4. The molecule has 0 heterocycles. The second-order valence-electron chi connectivity index (χ2n) is 5.00. The second kappa shape index (κ2) is 7.82. The zero-order valence-electron chi connectivity index (χ0n) is 12.9. The van der Waals surface area contributed by atoms with Crippen molar-refractivity contribution < 1.29 is 23.9 Å². The van der Waals surface area contributed by atoms with Gasteiger partial charge >= 0.3 is 5.97 Å². The minimum atomic E-state index is -0.658. The van der Waals surface area contributed by atoms with Gasteiger partial charge in [-0.3, -0.25) is 14.4 Å². The Morgan fingerprint density at radius 3 is 2.08 bits per heavy atom. The van der Waals surface area contributed by atoms with Gasteiger partial charge in [-0.15, -0.1) is 0 Å². The topological polar surface area (TPSA) is 89.5 Å². The number of hydrogen-bond acceptors (Lipinski definition) is 5. The molecule has 6 heteroatoms. The molecule has 1 amide bonds. The molecule has 0 unspecified atom stereocenters. The van der Waals surface area contributed by atoms with Gasteiger partial charge in [-0.1, -0.05) is 12.1 Å². The third-order valence-corrected chi connectivity index (χ3v) is 3.19. The van der Waals surface area contributed by atoms with E-state index in [1.54, 1.807) is 24.3 Å². The summed E-state index contributed by atoms with van der Waals surface area (Å²) in [6.45, 7) is 1.01. The molecule has 0 aromatic heterocycles. The van der Waals surface area contributed by atoms with Crippen molar-refractivity contribution in [3.63, 3.8) is 0 Å². The molecule has 0 saturated heterocycles. The van der Waals surface area contributed by atoms with Crippen LogP contribution in [0, 0.1) is 0 Å². The van der Waals surface area contributed by atoms with Gasteiger partial charge in [0.1, 0.15) is 6.29 Å². The van der Waals surface area contributed by atoms with Gasteiger partial charge in [0.25, 0.3) is 5.91 Å². The van der Waals surface area contributed by atoms with Crippen molar-refractivity contribution in [1.82, 2.24) is 0 Å². The van der Waals surface area contributed by atoms with Crippen LogP contribution in [0.5, 0.6) is 0 Å². The maximum absolute atomic E-state index is 11.8. The van der Waals surface area contributed by atoms with Crippen LogP contribution in [0.15, 0.2) is 48.5 Å². The highest BCUT2D eigenvalue weighted by Crippen LogP contribution is 2.10. The Balaban J connectivity index is 1.86. The van der Waals surface area contributed by atoms with Crippen LogP contribution in [0.2, 0.25) is 0 Å². The molecule has 0 aliphatic heterocycles. The van der Waals surface area contributed by atoms with Gasteiger partial charge in [-0.2, -0.15) is 0 Å². The van der Waals surface area contributed by atoms with Crippen LogP contribution in [0.25, 0.3) is 0 Å². The summed E-state index contributed by atoms with van der Waals surface area (Å²) in [5.41, 5.74) is 1.73. The standard InChI is InChI=1S/C18H15NO5/c1-12(21)14-6-8-16(9-7-14)19-17(22)11-24-18(23)15-4-2-13(10-20)3-5-15/h2-10H,11H2,1H3,(H,19,22). The zero-order valence-corrected chi connectivity index (χ0v) is 12.9. The number of ketones is 1. The molecule has 0 aliphatic carbocycles. The fourth-order valence-corrected chi connectivity index (χ4v) is 1.90. The summed E-state index contributed by atoms with van der Waals surface area (Å²) >= 11 is 0. The van der Waals surface area contributed by atoms with Crippen LogP contribution in [-0.4, -0.2) is 30.6 Å². The number of Topliss-reactive ketones (excluding diaryl/α,β-unsaturated/α-hetero) is 1. The van der Waals surface area contributed by atoms with E-state index in [-0.39, 0.29) is 11.3 Å². The van der Waals surface area contributed by atoms with E-state index in [0.717, 1.165) is 0 Å². The lowest BCUT2D eigenvalue weighted by atomic mass is 10.1. The maximum atomic E-state index is 11.8. The van der Waals surface area contributed by atoms with Crippen LogP contribution >= 0.6 is 0 Å². The fourth-order valence-electron chi connectivity index (χ4n) is 1.90. The van der Waals surface area contributed by atoms with Crippen LogP contribution in [-0.2, 0) is 9.53 Å². The van der Waals surface area contributed by atoms with E-state index in [9.17, 15) is 19.2 Å². The molecule has 6 nitrogen and oxygen atoms in total. The Bertz CT molecular complexity index is 763.